The Bertz CT molecular complexity index is 659. The van der Waals surface area contributed by atoms with Gasteiger partial charge in [0.1, 0.15) is 11.5 Å². The number of phenolic OH excluding ortho intramolecular Hbond substituents is 1. The highest BCUT2D eigenvalue weighted by Gasteiger charge is 2.14. The van der Waals surface area contributed by atoms with Gasteiger partial charge in [0, 0.05) is 10.2 Å². The van der Waals surface area contributed by atoms with Gasteiger partial charge < -0.3 is 20.9 Å². The molecule has 104 valence electrons. The summed E-state index contributed by atoms with van der Waals surface area (Å²) in [6.07, 6.45) is 0. The summed E-state index contributed by atoms with van der Waals surface area (Å²) in [7, 11) is 1.50. The van der Waals surface area contributed by atoms with Crippen molar-refractivity contribution in [3.8, 4) is 11.5 Å². The van der Waals surface area contributed by atoms with E-state index in [-0.39, 0.29) is 11.3 Å². The lowest BCUT2D eigenvalue weighted by Gasteiger charge is -2.11. The molecule has 0 aliphatic carbocycles. The number of aromatic hydroxyl groups is 1. The molecule has 0 fully saturated rings. The molecule has 5 nitrogen and oxygen atoms in total. The number of phenols is 1. The minimum absolute atomic E-state index is 0.103. The number of carbonyl (C=O) groups is 1. The second-order valence-corrected chi connectivity index (χ2v) is 4.99. The summed E-state index contributed by atoms with van der Waals surface area (Å²) in [6.45, 7) is 0. The molecule has 0 unspecified atom stereocenters. The van der Waals surface area contributed by atoms with Gasteiger partial charge in [0.05, 0.1) is 18.4 Å². The molecule has 2 rings (SSSR count). The third-order valence-corrected chi connectivity index (χ3v) is 3.17. The standard InChI is InChI=1S/C14H13BrN2O3/c1-20-13-5-3-9(16)7-11(13)17-14(19)10-6-8(15)2-4-12(10)18/h2-7,18H,16H2,1H3,(H,17,19). The molecule has 0 bridgehead atoms. The SMILES string of the molecule is COc1ccc(N)cc1NC(=O)c1cc(Br)ccc1O. The van der Waals surface area contributed by atoms with Crippen molar-refractivity contribution in [2.24, 2.45) is 0 Å². The van der Waals surface area contributed by atoms with Crippen molar-refractivity contribution >= 4 is 33.2 Å². The van der Waals surface area contributed by atoms with Crippen LogP contribution in [0.1, 0.15) is 10.4 Å². The van der Waals surface area contributed by atoms with Crippen molar-refractivity contribution in [3.63, 3.8) is 0 Å². The highest BCUT2D eigenvalue weighted by molar-refractivity contribution is 9.10. The number of nitrogens with one attached hydrogen (secondary N) is 1. The fourth-order valence-corrected chi connectivity index (χ4v) is 2.06. The quantitative estimate of drug-likeness (QED) is 0.752. The molecule has 0 saturated carbocycles. The van der Waals surface area contributed by atoms with E-state index in [4.69, 9.17) is 10.5 Å². The first-order chi connectivity index (χ1) is 9.51. The van der Waals surface area contributed by atoms with Crippen LogP contribution in [0.15, 0.2) is 40.9 Å². The number of hydrogen-bond donors (Lipinski definition) is 3. The van der Waals surface area contributed by atoms with E-state index in [2.05, 4.69) is 21.2 Å². The predicted molar refractivity (Wildman–Crippen MR) is 81.2 cm³/mol. The first kappa shape index (κ1) is 14.2. The zero-order chi connectivity index (χ0) is 14.7. The van der Waals surface area contributed by atoms with Gasteiger partial charge in [-0.2, -0.15) is 0 Å². The maximum absolute atomic E-state index is 12.2. The van der Waals surface area contributed by atoms with E-state index < -0.39 is 5.91 Å². The zero-order valence-electron chi connectivity index (χ0n) is 10.7. The number of rotatable bonds is 3. The van der Waals surface area contributed by atoms with Crippen molar-refractivity contribution in [2.75, 3.05) is 18.2 Å². The number of ether oxygens (including phenoxy) is 1. The van der Waals surface area contributed by atoms with E-state index in [1.54, 1.807) is 24.3 Å². The van der Waals surface area contributed by atoms with Gasteiger partial charge in [-0.1, -0.05) is 15.9 Å². The van der Waals surface area contributed by atoms with E-state index in [0.29, 0.717) is 21.6 Å². The lowest BCUT2D eigenvalue weighted by molar-refractivity contribution is 0.102. The molecule has 0 aliphatic heterocycles. The summed E-state index contributed by atoms with van der Waals surface area (Å²) in [5.74, 6) is -0.0664. The number of halogens is 1. The van der Waals surface area contributed by atoms with Gasteiger partial charge in [-0.25, -0.2) is 0 Å². The molecule has 2 aromatic rings. The van der Waals surface area contributed by atoms with Crippen molar-refractivity contribution < 1.29 is 14.6 Å². The molecule has 0 aromatic heterocycles. The van der Waals surface area contributed by atoms with Gasteiger partial charge in [0.2, 0.25) is 0 Å². The van der Waals surface area contributed by atoms with E-state index >= 15 is 0 Å². The molecule has 2 aromatic carbocycles. The van der Waals surface area contributed by atoms with Crippen LogP contribution in [0, 0.1) is 0 Å². The Morgan fingerprint density at radius 1 is 1.30 bits per heavy atom. The van der Waals surface area contributed by atoms with E-state index in [9.17, 15) is 9.90 Å². The maximum Gasteiger partial charge on any atom is 0.259 e. The highest BCUT2D eigenvalue weighted by atomic mass is 79.9. The molecule has 4 N–H and O–H groups in total. The van der Waals surface area contributed by atoms with E-state index in [1.807, 2.05) is 0 Å². The molecule has 0 radical (unpaired) electrons. The van der Waals surface area contributed by atoms with Gasteiger partial charge in [-0.3, -0.25) is 4.79 Å². The highest BCUT2D eigenvalue weighted by Crippen LogP contribution is 2.28. The van der Waals surface area contributed by atoms with Crippen molar-refractivity contribution in [1.82, 2.24) is 0 Å². The molecule has 20 heavy (non-hydrogen) atoms. The van der Waals surface area contributed by atoms with Crippen molar-refractivity contribution in [2.45, 2.75) is 0 Å². The number of nitrogens with two attached hydrogens (primary N) is 1. The topological polar surface area (TPSA) is 84.6 Å². The molecule has 6 heteroatoms. The van der Waals surface area contributed by atoms with Crippen LogP contribution in [0.5, 0.6) is 11.5 Å². The Morgan fingerprint density at radius 3 is 2.75 bits per heavy atom. The minimum atomic E-state index is -0.451. The summed E-state index contributed by atoms with van der Waals surface area (Å²) in [5, 5.41) is 12.4. The third-order valence-electron chi connectivity index (χ3n) is 2.67. The van der Waals surface area contributed by atoms with Crippen LogP contribution in [-0.2, 0) is 0 Å². The van der Waals surface area contributed by atoms with Crippen molar-refractivity contribution in [3.05, 3.63) is 46.4 Å². The Morgan fingerprint density at radius 2 is 2.05 bits per heavy atom. The maximum atomic E-state index is 12.2. The van der Waals surface area contributed by atoms with Gasteiger partial charge in [0.15, 0.2) is 0 Å². The molecule has 1 amide bonds. The number of benzene rings is 2. The first-order valence-corrected chi connectivity index (χ1v) is 6.54. The van der Waals surface area contributed by atoms with Gasteiger partial charge >= 0.3 is 0 Å². The van der Waals surface area contributed by atoms with Crippen molar-refractivity contribution in [1.29, 1.82) is 0 Å². The first-order valence-electron chi connectivity index (χ1n) is 5.74. The summed E-state index contributed by atoms with van der Waals surface area (Å²) in [6, 6.07) is 9.54. The average molecular weight is 337 g/mol. The van der Waals surface area contributed by atoms with Crippen LogP contribution in [-0.4, -0.2) is 18.1 Å². The summed E-state index contributed by atoms with van der Waals surface area (Å²) in [5.41, 5.74) is 6.78. The fourth-order valence-electron chi connectivity index (χ4n) is 1.70. The molecule has 0 heterocycles. The number of carbonyl (C=O) groups excluding carboxylic acids is 1. The average Bonchev–Trinajstić information content (AvgIpc) is 2.41. The van der Waals surface area contributed by atoms with Gasteiger partial charge in [-0.05, 0) is 36.4 Å². The summed E-state index contributed by atoms with van der Waals surface area (Å²) < 4.78 is 5.84. The molecule has 0 saturated heterocycles. The Balaban J connectivity index is 2.32. The van der Waals surface area contributed by atoms with Gasteiger partial charge in [-0.15, -0.1) is 0 Å². The fraction of sp³-hybridized carbons (Fsp3) is 0.0714. The largest absolute Gasteiger partial charge is 0.507 e. The van der Waals surface area contributed by atoms with Crippen LogP contribution in [0.3, 0.4) is 0 Å². The number of nitrogen functional groups attached to an aromatic ring is 1. The number of amides is 1. The molecule has 0 atom stereocenters. The monoisotopic (exact) mass is 336 g/mol. The Hall–Kier alpha value is -2.21. The second-order valence-electron chi connectivity index (χ2n) is 4.08. The zero-order valence-corrected chi connectivity index (χ0v) is 12.3. The molecule has 0 aliphatic rings. The van der Waals surface area contributed by atoms with Crippen LogP contribution in [0.2, 0.25) is 0 Å². The van der Waals surface area contributed by atoms with Crippen LogP contribution < -0.4 is 15.8 Å². The lowest BCUT2D eigenvalue weighted by Crippen LogP contribution is -2.13. The summed E-state index contributed by atoms with van der Waals surface area (Å²) in [4.78, 5) is 12.2. The number of hydrogen-bond acceptors (Lipinski definition) is 4. The second kappa shape index (κ2) is 5.83. The molecule has 0 spiro atoms. The third kappa shape index (κ3) is 3.03. The summed E-state index contributed by atoms with van der Waals surface area (Å²) >= 11 is 3.25. The van der Waals surface area contributed by atoms with Gasteiger partial charge in [0.25, 0.3) is 5.91 Å². The number of methoxy groups -OCH3 is 1. The van der Waals surface area contributed by atoms with Crippen LogP contribution >= 0.6 is 15.9 Å². The van der Waals surface area contributed by atoms with Crippen LogP contribution in [0.4, 0.5) is 11.4 Å². The normalized spacial score (nSPS) is 10.1. The predicted octanol–water partition coefficient (Wildman–Crippen LogP) is 3.00. The number of anilines is 2. The Labute approximate surface area is 124 Å². The molecular weight excluding hydrogens is 324 g/mol. The minimum Gasteiger partial charge on any atom is -0.507 e. The Kier molecular flexibility index (Phi) is 4.14. The van der Waals surface area contributed by atoms with Crippen LogP contribution in [0.25, 0.3) is 0 Å². The van der Waals surface area contributed by atoms with E-state index in [0.717, 1.165) is 0 Å². The smallest absolute Gasteiger partial charge is 0.259 e. The van der Waals surface area contributed by atoms with E-state index in [1.165, 1.54) is 19.2 Å². The lowest BCUT2D eigenvalue weighted by atomic mass is 10.1. The molecular formula is C14H13BrN2O3.